The van der Waals surface area contributed by atoms with Crippen LogP contribution in [0.2, 0.25) is 0 Å². The monoisotopic (exact) mass is 286 g/mol. The molecule has 1 aliphatic rings. The van der Waals surface area contributed by atoms with E-state index in [2.05, 4.69) is 15.5 Å². The van der Waals surface area contributed by atoms with E-state index >= 15 is 0 Å². The highest BCUT2D eigenvalue weighted by molar-refractivity contribution is 5.97. The minimum Gasteiger partial charge on any atom is -0.380 e. The van der Waals surface area contributed by atoms with E-state index < -0.39 is 5.60 Å². The van der Waals surface area contributed by atoms with Crippen LogP contribution in [0.1, 0.15) is 31.5 Å². The summed E-state index contributed by atoms with van der Waals surface area (Å²) >= 11 is 0. The van der Waals surface area contributed by atoms with E-state index in [0.29, 0.717) is 18.5 Å². The number of carbonyl (C=O) groups excluding carboxylic acids is 1. The van der Waals surface area contributed by atoms with Gasteiger partial charge in [0.15, 0.2) is 0 Å². The van der Waals surface area contributed by atoms with Crippen molar-refractivity contribution >= 4 is 11.6 Å². The van der Waals surface area contributed by atoms with Crippen LogP contribution in [0.15, 0.2) is 30.6 Å². The molecule has 1 aromatic carbocycles. The van der Waals surface area contributed by atoms with Gasteiger partial charge >= 0.3 is 0 Å². The Labute approximate surface area is 122 Å². The van der Waals surface area contributed by atoms with Crippen molar-refractivity contribution in [3.63, 3.8) is 0 Å². The zero-order valence-corrected chi connectivity index (χ0v) is 11.9. The number of hydrogen-bond acceptors (Lipinski definition) is 4. The molecule has 1 amide bonds. The number of aliphatic hydroxyl groups is 1. The molecular weight excluding hydrogens is 268 g/mol. The van der Waals surface area contributed by atoms with E-state index in [1.54, 1.807) is 12.4 Å². The second-order valence-electron chi connectivity index (χ2n) is 5.49. The minimum atomic E-state index is -1.22. The first-order valence-electron chi connectivity index (χ1n) is 7.09. The minimum absolute atomic E-state index is 0.322. The van der Waals surface area contributed by atoms with E-state index in [1.807, 2.05) is 29.7 Å². The second-order valence-corrected chi connectivity index (χ2v) is 5.49. The summed E-state index contributed by atoms with van der Waals surface area (Å²) in [6, 6.07) is 7.41. The zero-order chi connectivity index (χ0) is 14.9. The summed E-state index contributed by atoms with van der Waals surface area (Å²) in [5.41, 5.74) is 0.308. The number of nitrogens with zero attached hydrogens (tertiary/aromatic N) is 3. The molecule has 2 N–H and O–H groups in total. The smallest absolute Gasteiger partial charge is 0.256 e. The van der Waals surface area contributed by atoms with E-state index in [-0.39, 0.29) is 5.91 Å². The van der Waals surface area contributed by atoms with Crippen molar-refractivity contribution in [3.05, 3.63) is 36.4 Å². The lowest BCUT2D eigenvalue weighted by atomic mass is 10.0. The van der Waals surface area contributed by atoms with Gasteiger partial charge in [0.2, 0.25) is 0 Å². The molecule has 6 nitrogen and oxygen atoms in total. The highest BCUT2D eigenvalue weighted by Gasteiger charge is 2.38. The van der Waals surface area contributed by atoms with E-state index in [1.165, 1.54) is 0 Å². The molecule has 110 valence electrons. The number of hydrogen-bond donors (Lipinski definition) is 2. The highest BCUT2D eigenvalue weighted by Crippen LogP contribution is 2.30. The summed E-state index contributed by atoms with van der Waals surface area (Å²) < 4.78 is 1.83. The summed E-state index contributed by atoms with van der Waals surface area (Å²) in [6.07, 6.45) is 4.47. The Kier molecular flexibility index (Phi) is 3.47. The van der Waals surface area contributed by atoms with Crippen molar-refractivity contribution in [3.8, 4) is 5.69 Å². The lowest BCUT2D eigenvalue weighted by Crippen LogP contribution is -2.40. The number of carbonyl (C=O) groups is 1. The largest absolute Gasteiger partial charge is 0.380 e. The molecular formula is C15H18N4O2. The van der Waals surface area contributed by atoms with E-state index in [9.17, 15) is 9.90 Å². The molecule has 2 aromatic rings. The fourth-order valence-electron chi connectivity index (χ4n) is 2.71. The van der Waals surface area contributed by atoms with Gasteiger partial charge in [0.05, 0.1) is 5.69 Å². The summed E-state index contributed by atoms with van der Waals surface area (Å²) in [5.74, 6) is 0.450. The first-order chi connectivity index (χ1) is 10.1. The standard InChI is InChI=1S/C15H18N4O2/c1-11-18-16-10-19(11)13-6-4-5-12(9-13)17-14(20)15(21)7-2-3-8-15/h4-6,9-10,21H,2-3,7-8H2,1H3,(H,17,20). The summed E-state index contributed by atoms with van der Waals surface area (Å²) in [4.78, 5) is 12.2. The number of nitrogens with one attached hydrogen (secondary N) is 1. The number of aryl methyl sites for hydroxylation is 1. The lowest BCUT2D eigenvalue weighted by molar-refractivity contribution is -0.133. The third kappa shape index (κ3) is 2.67. The molecule has 0 aliphatic heterocycles. The van der Waals surface area contributed by atoms with E-state index in [0.717, 1.165) is 24.4 Å². The molecule has 1 saturated carbocycles. The van der Waals surface area contributed by atoms with Gasteiger partial charge < -0.3 is 10.4 Å². The van der Waals surface area contributed by atoms with Gasteiger partial charge in [-0.1, -0.05) is 6.07 Å². The van der Waals surface area contributed by atoms with Crippen LogP contribution < -0.4 is 5.32 Å². The Bertz CT molecular complexity index is 659. The van der Waals surface area contributed by atoms with Crippen LogP contribution in [-0.2, 0) is 4.79 Å². The van der Waals surface area contributed by atoms with Crippen molar-refractivity contribution in [2.75, 3.05) is 5.32 Å². The maximum atomic E-state index is 12.2. The van der Waals surface area contributed by atoms with Crippen LogP contribution in [0, 0.1) is 6.92 Å². The molecule has 1 fully saturated rings. The van der Waals surface area contributed by atoms with Gasteiger partial charge in [-0.3, -0.25) is 9.36 Å². The maximum absolute atomic E-state index is 12.2. The molecule has 21 heavy (non-hydrogen) atoms. The predicted molar refractivity (Wildman–Crippen MR) is 78.1 cm³/mol. The molecule has 1 heterocycles. The van der Waals surface area contributed by atoms with Crippen molar-refractivity contribution < 1.29 is 9.90 Å². The topological polar surface area (TPSA) is 80.0 Å². The maximum Gasteiger partial charge on any atom is 0.256 e. The van der Waals surface area contributed by atoms with Crippen LogP contribution in [-0.4, -0.2) is 31.4 Å². The fourth-order valence-corrected chi connectivity index (χ4v) is 2.71. The zero-order valence-electron chi connectivity index (χ0n) is 11.9. The Morgan fingerprint density at radius 1 is 1.38 bits per heavy atom. The SMILES string of the molecule is Cc1nncn1-c1cccc(NC(=O)C2(O)CCCC2)c1. The predicted octanol–water partition coefficient (Wildman–Crippen LogP) is 1.82. The quantitative estimate of drug-likeness (QED) is 0.902. The molecule has 1 aliphatic carbocycles. The molecule has 0 spiro atoms. The number of amides is 1. The molecule has 1 aromatic heterocycles. The van der Waals surface area contributed by atoms with Crippen LogP contribution >= 0.6 is 0 Å². The van der Waals surface area contributed by atoms with Gasteiger partial charge in [-0.25, -0.2) is 0 Å². The van der Waals surface area contributed by atoms with E-state index in [4.69, 9.17) is 0 Å². The van der Waals surface area contributed by atoms with Crippen molar-refractivity contribution in [2.45, 2.75) is 38.2 Å². The highest BCUT2D eigenvalue weighted by atomic mass is 16.3. The second kappa shape index (κ2) is 5.29. The van der Waals surface area contributed by atoms with Gasteiger partial charge in [-0.15, -0.1) is 10.2 Å². The Morgan fingerprint density at radius 2 is 2.14 bits per heavy atom. The number of benzene rings is 1. The fraction of sp³-hybridized carbons (Fsp3) is 0.400. The molecule has 0 saturated heterocycles. The van der Waals surface area contributed by atoms with Gasteiger partial charge in [-0.05, 0) is 50.8 Å². The normalized spacial score (nSPS) is 16.9. The number of rotatable bonds is 3. The van der Waals surface area contributed by atoms with Crippen LogP contribution in [0.4, 0.5) is 5.69 Å². The number of aromatic nitrogens is 3. The molecule has 0 bridgehead atoms. The third-order valence-electron chi connectivity index (χ3n) is 3.95. The first-order valence-corrected chi connectivity index (χ1v) is 7.09. The molecule has 0 radical (unpaired) electrons. The van der Waals surface area contributed by atoms with Crippen LogP contribution in [0.3, 0.4) is 0 Å². The molecule has 6 heteroatoms. The van der Waals surface area contributed by atoms with Gasteiger partial charge in [0, 0.05) is 5.69 Å². The average molecular weight is 286 g/mol. The Morgan fingerprint density at radius 3 is 2.81 bits per heavy atom. The summed E-state index contributed by atoms with van der Waals surface area (Å²) in [5, 5.41) is 20.9. The van der Waals surface area contributed by atoms with Crippen LogP contribution in [0.25, 0.3) is 5.69 Å². The van der Waals surface area contributed by atoms with Gasteiger partial charge in [0.25, 0.3) is 5.91 Å². The summed E-state index contributed by atoms with van der Waals surface area (Å²) in [7, 11) is 0. The Hall–Kier alpha value is -2.21. The molecule has 0 atom stereocenters. The van der Waals surface area contributed by atoms with Crippen molar-refractivity contribution in [1.29, 1.82) is 0 Å². The van der Waals surface area contributed by atoms with Gasteiger partial charge in [0.1, 0.15) is 17.8 Å². The summed E-state index contributed by atoms with van der Waals surface area (Å²) in [6.45, 7) is 1.86. The third-order valence-corrected chi connectivity index (χ3v) is 3.95. The van der Waals surface area contributed by atoms with Crippen molar-refractivity contribution in [1.82, 2.24) is 14.8 Å². The molecule has 0 unspecified atom stereocenters. The molecule has 3 rings (SSSR count). The van der Waals surface area contributed by atoms with Gasteiger partial charge in [-0.2, -0.15) is 0 Å². The number of anilines is 1. The first kappa shape index (κ1) is 13.8. The lowest BCUT2D eigenvalue weighted by Gasteiger charge is -2.21. The average Bonchev–Trinajstić information content (AvgIpc) is 3.09. The Balaban J connectivity index is 1.81. The van der Waals surface area contributed by atoms with Crippen LogP contribution in [0.5, 0.6) is 0 Å². The van der Waals surface area contributed by atoms with Crippen molar-refractivity contribution in [2.24, 2.45) is 0 Å².